The molecule has 114 valence electrons. The average molecular weight is 291 g/mol. The predicted molar refractivity (Wildman–Crippen MR) is 81.7 cm³/mol. The van der Waals surface area contributed by atoms with Crippen molar-refractivity contribution in [2.75, 3.05) is 26.8 Å². The molecule has 0 aliphatic carbocycles. The summed E-state index contributed by atoms with van der Waals surface area (Å²) in [7, 11) is 1.61. The predicted octanol–water partition coefficient (Wildman–Crippen LogP) is 1.46. The van der Waals surface area contributed by atoms with Gasteiger partial charge in [-0.2, -0.15) is 0 Å². The minimum atomic E-state index is -0.149. The molecule has 0 saturated heterocycles. The van der Waals surface area contributed by atoms with E-state index in [0.29, 0.717) is 37.3 Å². The van der Waals surface area contributed by atoms with Gasteiger partial charge < -0.3 is 14.6 Å². The lowest BCUT2D eigenvalue weighted by Gasteiger charge is -2.20. The van der Waals surface area contributed by atoms with Crippen LogP contribution in [0.4, 0.5) is 0 Å². The molecule has 0 atom stereocenters. The number of carbonyl (C=O) groups excluding carboxylic acids is 1. The largest absolute Gasteiger partial charge is 0.383 e. The molecular formula is C15H21N3O3. The fourth-order valence-electron chi connectivity index (χ4n) is 2.40. The molecule has 0 fully saturated rings. The topological polar surface area (TPSA) is 67.3 Å². The number of benzene rings is 1. The number of ether oxygens (including phenoxy) is 1. The second kappa shape index (κ2) is 6.58. The normalized spacial score (nSPS) is 11.0. The number of aromatic amines is 1. The monoisotopic (exact) mass is 291 g/mol. The third-order valence-electron chi connectivity index (χ3n) is 3.57. The van der Waals surface area contributed by atoms with Crippen LogP contribution in [0.3, 0.4) is 0 Å². The second-order valence-electron chi connectivity index (χ2n) is 4.78. The van der Waals surface area contributed by atoms with E-state index in [1.807, 2.05) is 19.9 Å². The van der Waals surface area contributed by atoms with Gasteiger partial charge in [-0.1, -0.05) is 0 Å². The molecule has 21 heavy (non-hydrogen) atoms. The van der Waals surface area contributed by atoms with E-state index < -0.39 is 0 Å². The molecule has 1 aromatic heterocycles. The summed E-state index contributed by atoms with van der Waals surface area (Å²) in [4.78, 5) is 28.7. The number of carbonyl (C=O) groups is 1. The van der Waals surface area contributed by atoms with Crippen molar-refractivity contribution in [3.8, 4) is 0 Å². The summed E-state index contributed by atoms with van der Waals surface area (Å²) in [5.74, 6) is -0.0541. The van der Waals surface area contributed by atoms with Gasteiger partial charge in [0.15, 0.2) is 0 Å². The van der Waals surface area contributed by atoms with Crippen molar-refractivity contribution in [2.45, 2.75) is 20.4 Å². The molecule has 2 aromatic rings. The summed E-state index contributed by atoms with van der Waals surface area (Å²) in [6.07, 6.45) is 0. The molecule has 1 amide bonds. The van der Waals surface area contributed by atoms with Gasteiger partial charge in [-0.15, -0.1) is 0 Å². The summed E-state index contributed by atoms with van der Waals surface area (Å²) in [6.45, 7) is 6.12. The summed E-state index contributed by atoms with van der Waals surface area (Å²) in [5.41, 5.74) is 1.93. The molecule has 0 radical (unpaired) electrons. The summed E-state index contributed by atoms with van der Waals surface area (Å²) < 4.78 is 6.66. The van der Waals surface area contributed by atoms with E-state index >= 15 is 0 Å². The second-order valence-corrected chi connectivity index (χ2v) is 4.78. The number of nitrogens with zero attached hydrogens (tertiary/aromatic N) is 2. The van der Waals surface area contributed by atoms with Crippen LogP contribution in [0.2, 0.25) is 0 Å². The number of fused-ring (bicyclic) bond motifs is 1. The highest BCUT2D eigenvalue weighted by atomic mass is 16.5. The number of H-pyrrole nitrogens is 1. The Balaban J connectivity index is 2.34. The Morgan fingerprint density at radius 3 is 2.76 bits per heavy atom. The van der Waals surface area contributed by atoms with E-state index in [0.717, 1.165) is 5.52 Å². The number of likely N-dealkylation sites (N-methyl/N-ethyl adjacent to an activating group) is 1. The highest BCUT2D eigenvalue weighted by Crippen LogP contribution is 2.14. The van der Waals surface area contributed by atoms with Gasteiger partial charge in [0.25, 0.3) is 5.91 Å². The number of amides is 1. The maximum absolute atomic E-state index is 12.5. The SMILES string of the molecule is CCN(CCOC)C(=O)c1ccc2c(c1)[nH]c(=O)n2CC. The summed E-state index contributed by atoms with van der Waals surface area (Å²) in [6, 6.07) is 5.31. The lowest BCUT2D eigenvalue weighted by molar-refractivity contribution is 0.0706. The van der Waals surface area contributed by atoms with Gasteiger partial charge in [0.1, 0.15) is 0 Å². The summed E-state index contributed by atoms with van der Waals surface area (Å²) in [5, 5.41) is 0. The van der Waals surface area contributed by atoms with Crippen LogP contribution in [0.5, 0.6) is 0 Å². The zero-order valence-corrected chi connectivity index (χ0v) is 12.7. The van der Waals surface area contributed by atoms with Crippen LogP contribution in [0.1, 0.15) is 24.2 Å². The van der Waals surface area contributed by atoms with Gasteiger partial charge in [0.2, 0.25) is 0 Å². The maximum Gasteiger partial charge on any atom is 0.326 e. The first-order chi connectivity index (χ1) is 10.1. The van der Waals surface area contributed by atoms with Gasteiger partial charge in [0, 0.05) is 32.3 Å². The molecule has 1 N–H and O–H groups in total. The quantitative estimate of drug-likeness (QED) is 0.876. The Morgan fingerprint density at radius 1 is 1.38 bits per heavy atom. The third-order valence-corrected chi connectivity index (χ3v) is 3.57. The zero-order chi connectivity index (χ0) is 15.4. The Morgan fingerprint density at radius 2 is 2.14 bits per heavy atom. The smallest absolute Gasteiger partial charge is 0.326 e. The van der Waals surface area contributed by atoms with Crippen LogP contribution >= 0.6 is 0 Å². The van der Waals surface area contributed by atoms with Gasteiger partial charge >= 0.3 is 5.69 Å². The highest BCUT2D eigenvalue weighted by molar-refractivity contribution is 5.97. The molecule has 0 aliphatic heterocycles. The first-order valence-corrected chi connectivity index (χ1v) is 7.13. The number of methoxy groups -OCH3 is 1. The van der Waals surface area contributed by atoms with Crippen molar-refractivity contribution in [3.63, 3.8) is 0 Å². The van der Waals surface area contributed by atoms with E-state index in [9.17, 15) is 9.59 Å². The van der Waals surface area contributed by atoms with E-state index in [4.69, 9.17) is 4.74 Å². The van der Waals surface area contributed by atoms with E-state index in [1.165, 1.54) is 0 Å². The maximum atomic E-state index is 12.5. The Hall–Kier alpha value is -2.08. The Bertz CT molecular complexity index is 687. The molecule has 6 heteroatoms. The number of rotatable bonds is 6. The first kappa shape index (κ1) is 15.3. The fraction of sp³-hybridized carbons (Fsp3) is 0.467. The summed E-state index contributed by atoms with van der Waals surface area (Å²) >= 11 is 0. The number of aryl methyl sites for hydroxylation is 1. The molecule has 6 nitrogen and oxygen atoms in total. The van der Waals surface area contributed by atoms with Crippen LogP contribution in [0.25, 0.3) is 11.0 Å². The molecule has 1 aromatic carbocycles. The molecule has 0 bridgehead atoms. The van der Waals surface area contributed by atoms with Crippen molar-refractivity contribution >= 4 is 16.9 Å². The van der Waals surface area contributed by atoms with Gasteiger partial charge in [0.05, 0.1) is 17.6 Å². The molecule has 0 saturated carbocycles. The van der Waals surface area contributed by atoms with E-state index in [-0.39, 0.29) is 11.6 Å². The lowest BCUT2D eigenvalue weighted by Crippen LogP contribution is -2.33. The standard InChI is InChI=1S/C15H21N3O3/c1-4-17(8-9-21-3)14(19)11-6-7-13-12(10-11)16-15(20)18(13)5-2/h6-7,10H,4-5,8-9H2,1-3H3,(H,16,20). The number of nitrogens with one attached hydrogen (secondary N) is 1. The fourth-order valence-corrected chi connectivity index (χ4v) is 2.40. The molecule has 1 heterocycles. The van der Waals surface area contributed by atoms with Gasteiger partial charge in [-0.3, -0.25) is 9.36 Å². The van der Waals surface area contributed by atoms with Crippen LogP contribution in [-0.2, 0) is 11.3 Å². The Labute approximate surface area is 123 Å². The van der Waals surface area contributed by atoms with Gasteiger partial charge in [-0.25, -0.2) is 4.79 Å². The number of imidazole rings is 1. The molecular weight excluding hydrogens is 270 g/mol. The van der Waals surface area contributed by atoms with Crippen LogP contribution in [0, 0.1) is 0 Å². The van der Waals surface area contributed by atoms with E-state index in [1.54, 1.807) is 28.7 Å². The minimum absolute atomic E-state index is 0.0541. The number of aromatic nitrogens is 2. The highest BCUT2D eigenvalue weighted by Gasteiger charge is 2.15. The molecule has 2 rings (SSSR count). The van der Waals surface area contributed by atoms with Gasteiger partial charge in [-0.05, 0) is 32.0 Å². The van der Waals surface area contributed by atoms with Crippen molar-refractivity contribution in [2.24, 2.45) is 0 Å². The zero-order valence-electron chi connectivity index (χ0n) is 12.7. The Kier molecular flexibility index (Phi) is 4.80. The molecule has 0 spiro atoms. The van der Waals surface area contributed by atoms with Crippen molar-refractivity contribution in [3.05, 3.63) is 34.2 Å². The molecule has 0 unspecified atom stereocenters. The number of hydrogen-bond donors (Lipinski definition) is 1. The van der Waals surface area contributed by atoms with Crippen molar-refractivity contribution in [1.82, 2.24) is 14.5 Å². The average Bonchev–Trinajstić information content (AvgIpc) is 2.81. The lowest BCUT2D eigenvalue weighted by atomic mass is 10.1. The van der Waals surface area contributed by atoms with Crippen LogP contribution < -0.4 is 5.69 Å². The van der Waals surface area contributed by atoms with Crippen LogP contribution in [-0.4, -0.2) is 47.2 Å². The molecule has 0 aliphatic rings. The van der Waals surface area contributed by atoms with E-state index in [2.05, 4.69) is 4.98 Å². The third kappa shape index (κ3) is 3.00. The van der Waals surface area contributed by atoms with Crippen LogP contribution in [0.15, 0.2) is 23.0 Å². The number of hydrogen-bond acceptors (Lipinski definition) is 3. The minimum Gasteiger partial charge on any atom is -0.383 e. The first-order valence-electron chi connectivity index (χ1n) is 7.13. The van der Waals surface area contributed by atoms with Crippen molar-refractivity contribution < 1.29 is 9.53 Å². The van der Waals surface area contributed by atoms with Crippen molar-refractivity contribution in [1.29, 1.82) is 0 Å².